The van der Waals surface area contributed by atoms with Gasteiger partial charge < -0.3 is 11.1 Å². The Morgan fingerprint density at radius 1 is 1.37 bits per heavy atom. The molecule has 4 atom stereocenters. The van der Waals surface area contributed by atoms with Crippen molar-refractivity contribution in [2.45, 2.75) is 39.2 Å². The van der Waals surface area contributed by atoms with Crippen LogP contribution in [0.5, 0.6) is 0 Å². The highest BCUT2D eigenvalue weighted by atomic mass is 16.1. The summed E-state index contributed by atoms with van der Waals surface area (Å²) in [4.78, 5) is 16.6. The summed E-state index contributed by atoms with van der Waals surface area (Å²) in [5.41, 5.74) is 8.89. The van der Waals surface area contributed by atoms with Crippen LogP contribution in [-0.2, 0) is 4.79 Å². The quantitative estimate of drug-likeness (QED) is 0.853. The summed E-state index contributed by atoms with van der Waals surface area (Å²) in [6, 6.07) is 2.20. The summed E-state index contributed by atoms with van der Waals surface area (Å²) < 4.78 is 0. The van der Waals surface area contributed by atoms with Gasteiger partial charge in [-0.25, -0.2) is 0 Å². The normalized spacial score (nSPS) is 32.6. The van der Waals surface area contributed by atoms with Gasteiger partial charge in [0.1, 0.15) is 0 Å². The fraction of sp³-hybridized carbons (Fsp3) is 0.600. The lowest BCUT2D eigenvalue weighted by atomic mass is 9.72. The number of carbonyl (C=O) groups is 1. The minimum atomic E-state index is 0.136. The van der Waals surface area contributed by atoms with Crippen LogP contribution in [0, 0.1) is 31.6 Å². The second-order valence-electron chi connectivity index (χ2n) is 6.05. The van der Waals surface area contributed by atoms with E-state index in [1.54, 1.807) is 6.20 Å². The monoisotopic (exact) mass is 259 g/mol. The van der Waals surface area contributed by atoms with E-state index in [1.807, 2.05) is 19.9 Å². The fourth-order valence-electron chi connectivity index (χ4n) is 3.51. The first-order valence-electron chi connectivity index (χ1n) is 7.05. The number of aromatic nitrogens is 1. The molecule has 19 heavy (non-hydrogen) atoms. The number of nitrogens with zero attached hydrogens (tertiary/aromatic N) is 1. The van der Waals surface area contributed by atoms with Crippen LogP contribution >= 0.6 is 0 Å². The van der Waals surface area contributed by atoms with Gasteiger partial charge in [-0.05, 0) is 56.6 Å². The molecule has 102 valence electrons. The first-order chi connectivity index (χ1) is 9.06. The molecule has 2 aliphatic rings. The largest absolute Gasteiger partial charge is 0.327 e. The summed E-state index contributed by atoms with van der Waals surface area (Å²) in [6.07, 6.45) is 4.81. The third-order valence-electron chi connectivity index (χ3n) is 4.96. The van der Waals surface area contributed by atoms with Gasteiger partial charge in [-0.1, -0.05) is 0 Å². The maximum absolute atomic E-state index is 12.3. The summed E-state index contributed by atoms with van der Waals surface area (Å²) in [5.74, 6) is 1.55. The molecule has 0 aromatic carbocycles. The Balaban J connectivity index is 1.67. The summed E-state index contributed by atoms with van der Waals surface area (Å²) in [5, 5.41) is 3.06. The van der Waals surface area contributed by atoms with Crippen molar-refractivity contribution < 1.29 is 4.79 Å². The van der Waals surface area contributed by atoms with E-state index in [-0.39, 0.29) is 11.8 Å². The Morgan fingerprint density at radius 3 is 2.84 bits per heavy atom. The van der Waals surface area contributed by atoms with Crippen LogP contribution in [-0.4, -0.2) is 16.9 Å². The van der Waals surface area contributed by atoms with Crippen LogP contribution in [0.3, 0.4) is 0 Å². The van der Waals surface area contributed by atoms with Gasteiger partial charge in [0.15, 0.2) is 0 Å². The molecule has 0 spiro atoms. The predicted molar refractivity (Wildman–Crippen MR) is 74.6 cm³/mol. The molecule has 2 aliphatic carbocycles. The lowest BCUT2D eigenvalue weighted by Gasteiger charge is -2.37. The molecule has 0 radical (unpaired) electrons. The third-order valence-corrected chi connectivity index (χ3v) is 4.96. The lowest BCUT2D eigenvalue weighted by molar-refractivity contribution is -0.119. The van der Waals surface area contributed by atoms with E-state index in [9.17, 15) is 4.79 Å². The minimum Gasteiger partial charge on any atom is -0.327 e. The minimum absolute atomic E-state index is 0.136. The number of pyridine rings is 1. The summed E-state index contributed by atoms with van der Waals surface area (Å²) in [6.45, 7) is 3.95. The molecule has 4 heteroatoms. The van der Waals surface area contributed by atoms with E-state index in [1.165, 1.54) is 0 Å². The second-order valence-corrected chi connectivity index (χ2v) is 6.05. The number of rotatable bonds is 2. The molecule has 4 unspecified atom stereocenters. The molecule has 4 nitrogen and oxygen atoms in total. The highest BCUT2D eigenvalue weighted by Gasteiger charge is 2.47. The second kappa shape index (κ2) is 4.60. The molecule has 3 N–H and O–H groups in total. The van der Waals surface area contributed by atoms with Gasteiger partial charge in [0, 0.05) is 29.5 Å². The molecule has 1 aromatic rings. The zero-order chi connectivity index (χ0) is 13.6. The van der Waals surface area contributed by atoms with Crippen molar-refractivity contribution in [3.8, 4) is 0 Å². The maximum atomic E-state index is 12.3. The third kappa shape index (κ3) is 2.14. The van der Waals surface area contributed by atoms with E-state index in [0.717, 1.165) is 36.2 Å². The molecule has 0 saturated heterocycles. The van der Waals surface area contributed by atoms with Gasteiger partial charge in [0.05, 0.1) is 0 Å². The number of carbonyl (C=O) groups excluding carboxylic acids is 1. The smallest absolute Gasteiger partial charge is 0.227 e. The van der Waals surface area contributed by atoms with Crippen LogP contribution in [0.4, 0.5) is 5.69 Å². The number of anilines is 1. The number of hydrogen-bond acceptors (Lipinski definition) is 3. The van der Waals surface area contributed by atoms with Gasteiger partial charge in [-0.2, -0.15) is 0 Å². The number of amides is 1. The standard InChI is InChI=1S/C15H21N3O/c1-8-9(2)17-4-3-14(8)18-15(19)11-5-10-7-13(16)12(10)6-11/h3-4,10-13H,5-7,16H2,1-2H3,(H,17,18,19). The van der Waals surface area contributed by atoms with E-state index in [4.69, 9.17) is 5.73 Å². The first kappa shape index (κ1) is 12.6. The van der Waals surface area contributed by atoms with Crippen molar-refractivity contribution in [2.75, 3.05) is 5.32 Å². The zero-order valence-corrected chi connectivity index (χ0v) is 11.5. The molecule has 2 saturated carbocycles. The first-order valence-corrected chi connectivity index (χ1v) is 7.05. The molecular formula is C15H21N3O. The van der Waals surface area contributed by atoms with Gasteiger partial charge in [-0.3, -0.25) is 9.78 Å². The van der Waals surface area contributed by atoms with Crippen LogP contribution in [0.15, 0.2) is 12.3 Å². The maximum Gasteiger partial charge on any atom is 0.227 e. The van der Waals surface area contributed by atoms with Crippen molar-refractivity contribution in [3.63, 3.8) is 0 Å². The van der Waals surface area contributed by atoms with Gasteiger partial charge >= 0.3 is 0 Å². The van der Waals surface area contributed by atoms with Crippen molar-refractivity contribution in [2.24, 2.45) is 23.5 Å². The average Bonchev–Trinajstić information content (AvgIpc) is 2.72. The van der Waals surface area contributed by atoms with Gasteiger partial charge in [0.25, 0.3) is 0 Å². The van der Waals surface area contributed by atoms with E-state index in [2.05, 4.69) is 10.3 Å². The Hall–Kier alpha value is -1.42. The molecule has 2 fully saturated rings. The zero-order valence-electron chi connectivity index (χ0n) is 11.5. The molecular weight excluding hydrogens is 238 g/mol. The SMILES string of the molecule is Cc1nccc(NC(=O)C2CC3CC(N)C3C2)c1C. The van der Waals surface area contributed by atoms with E-state index >= 15 is 0 Å². The number of nitrogens with one attached hydrogen (secondary N) is 1. The molecule has 0 aliphatic heterocycles. The highest BCUT2D eigenvalue weighted by molar-refractivity contribution is 5.93. The van der Waals surface area contributed by atoms with Crippen molar-refractivity contribution in [1.82, 2.24) is 4.98 Å². The lowest BCUT2D eigenvalue weighted by Crippen LogP contribution is -2.44. The predicted octanol–water partition coefficient (Wildman–Crippen LogP) is 2.01. The fourth-order valence-corrected chi connectivity index (χ4v) is 3.51. The van der Waals surface area contributed by atoms with Crippen LogP contribution in [0.1, 0.15) is 30.5 Å². The van der Waals surface area contributed by atoms with E-state index < -0.39 is 0 Å². The molecule has 1 aromatic heterocycles. The molecule has 0 bridgehead atoms. The van der Waals surface area contributed by atoms with Crippen molar-refractivity contribution in [1.29, 1.82) is 0 Å². The molecule has 3 rings (SSSR count). The Kier molecular flexibility index (Phi) is 3.05. The number of nitrogens with two attached hydrogens (primary N) is 1. The number of aryl methyl sites for hydroxylation is 1. The van der Waals surface area contributed by atoms with Crippen LogP contribution in [0.25, 0.3) is 0 Å². The summed E-state index contributed by atoms with van der Waals surface area (Å²) in [7, 11) is 0. The Morgan fingerprint density at radius 2 is 2.16 bits per heavy atom. The van der Waals surface area contributed by atoms with Crippen LogP contribution < -0.4 is 11.1 Å². The molecule has 1 amide bonds. The van der Waals surface area contributed by atoms with Gasteiger partial charge in [0.2, 0.25) is 5.91 Å². The van der Waals surface area contributed by atoms with E-state index in [0.29, 0.717) is 17.9 Å². The van der Waals surface area contributed by atoms with Crippen LogP contribution in [0.2, 0.25) is 0 Å². The molecule has 1 heterocycles. The topological polar surface area (TPSA) is 68.0 Å². The Labute approximate surface area is 113 Å². The van der Waals surface area contributed by atoms with Crippen molar-refractivity contribution in [3.05, 3.63) is 23.5 Å². The number of fused-ring (bicyclic) bond motifs is 1. The van der Waals surface area contributed by atoms with Gasteiger partial charge in [-0.15, -0.1) is 0 Å². The average molecular weight is 259 g/mol. The Bertz CT molecular complexity index is 514. The highest BCUT2D eigenvalue weighted by Crippen LogP contribution is 2.49. The van der Waals surface area contributed by atoms with Crippen molar-refractivity contribution >= 4 is 11.6 Å². The summed E-state index contributed by atoms with van der Waals surface area (Å²) >= 11 is 0. The number of hydrogen-bond donors (Lipinski definition) is 2.